The van der Waals surface area contributed by atoms with Crippen molar-refractivity contribution in [2.45, 2.75) is 70.3 Å². The Kier molecular flexibility index (Phi) is 6.96. The van der Waals surface area contributed by atoms with Gasteiger partial charge in [0.2, 0.25) is 0 Å². The van der Waals surface area contributed by atoms with Crippen molar-refractivity contribution in [1.29, 1.82) is 0 Å². The third-order valence-electron chi connectivity index (χ3n) is 7.50. The zero-order valence-corrected chi connectivity index (χ0v) is 18.5. The first-order valence-corrected chi connectivity index (χ1v) is 11.7. The zero-order chi connectivity index (χ0) is 23.8. The Balaban J connectivity index is 1.45. The number of alkyl halides is 2. The topological polar surface area (TPSA) is 9.23 Å². The molecule has 0 radical (unpaired) electrons. The standard InChI is InChI=1S/C26H28F6O/c1-15-2-4-16(5-3-15)17-6-8-18(9-7-17)20-11-12-21(25(30)24(20)29)26(31,32)33-19-10-13-22(27)23(28)14-19/h10-18H,2-9H2,1H3. The normalized spacial score (nSPS) is 26.3. The van der Waals surface area contributed by atoms with E-state index in [1.54, 1.807) is 0 Å². The molecule has 0 unspecified atom stereocenters. The van der Waals surface area contributed by atoms with Gasteiger partial charge >= 0.3 is 6.11 Å². The first kappa shape index (κ1) is 24.0. The first-order valence-electron chi connectivity index (χ1n) is 11.7. The predicted molar refractivity (Wildman–Crippen MR) is 113 cm³/mol. The van der Waals surface area contributed by atoms with Crippen LogP contribution in [0.25, 0.3) is 0 Å². The van der Waals surface area contributed by atoms with Gasteiger partial charge in [0, 0.05) is 6.07 Å². The minimum atomic E-state index is -4.26. The summed E-state index contributed by atoms with van der Waals surface area (Å²) < 4.78 is 89.3. The fraction of sp³-hybridized carbons (Fsp3) is 0.538. The second kappa shape index (κ2) is 9.59. The Morgan fingerprint density at radius 1 is 0.727 bits per heavy atom. The van der Waals surface area contributed by atoms with Crippen LogP contribution in [0.4, 0.5) is 26.3 Å². The fourth-order valence-electron chi connectivity index (χ4n) is 5.51. The Labute approximate surface area is 190 Å². The number of hydrogen-bond acceptors (Lipinski definition) is 1. The summed E-state index contributed by atoms with van der Waals surface area (Å²) >= 11 is 0. The summed E-state index contributed by atoms with van der Waals surface area (Å²) in [6.07, 6.45) is 3.94. The zero-order valence-electron chi connectivity index (χ0n) is 18.5. The highest BCUT2D eigenvalue weighted by Gasteiger charge is 2.40. The largest absolute Gasteiger partial charge is 0.429 e. The van der Waals surface area contributed by atoms with Crippen LogP contribution in [0.15, 0.2) is 30.3 Å². The molecule has 2 aromatic rings. The highest BCUT2D eigenvalue weighted by Crippen LogP contribution is 2.45. The first-order chi connectivity index (χ1) is 15.7. The lowest BCUT2D eigenvalue weighted by Crippen LogP contribution is -2.26. The monoisotopic (exact) mass is 470 g/mol. The number of rotatable bonds is 5. The molecule has 4 rings (SSSR count). The Morgan fingerprint density at radius 3 is 1.94 bits per heavy atom. The molecule has 2 saturated carbocycles. The summed E-state index contributed by atoms with van der Waals surface area (Å²) in [6.45, 7) is 2.28. The summed E-state index contributed by atoms with van der Waals surface area (Å²) in [4.78, 5) is 0. The van der Waals surface area contributed by atoms with Crippen LogP contribution in [-0.4, -0.2) is 0 Å². The van der Waals surface area contributed by atoms with Crippen LogP contribution in [0, 0.1) is 41.0 Å². The lowest BCUT2D eigenvalue weighted by atomic mass is 9.68. The summed E-state index contributed by atoms with van der Waals surface area (Å²) in [5.41, 5.74) is -1.17. The maximum atomic E-state index is 14.9. The van der Waals surface area contributed by atoms with E-state index in [1.165, 1.54) is 31.7 Å². The average Bonchev–Trinajstić information content (AvgIpc) is 2.78. The van der Waals surface area contributed by atoms with E-state index in [1.807, 2.05) is 0 Å². The maximum Gasteiger partial charge on any atom is 0.429 e. The highest BCUT2D eigenvalue weighted by atomic mass is 19.3. The van der Waals surface area contributed by atoms with Crippen molar-refractivity contribution >= 4 is 0 Å². The maximum absolute atomic E-state index is 14.9. The molecule has 180 valence electrons. The molecule has 33 heavy (non-hydrogen) atoms. The second-order valence-corrected chi connectivity index (χ2v) is 9.66. The minimum absolute atomic E-state index is 0.107. The molecule has 7 heteroatoms. The van der Waals surface area contributed by atoms with E-state index in [2.05, 4.69) is 11.7 Å². The molecule has 0 aromatic heterocycles. The van der Waals surface area contributed by atoms with Gasteiger partial charge in [-0.3, -0.25) is 0 Å². The third-order valence-corrected chi connectivity index (χ3v) is 7.50. The van der Waals surface area contributed by atoms with Gasteiger partial charge in [0.15, 0.2) is 23.3 Å². The van der Waals surface area contributed by atoms with Gasteiger partial charge in [-0.1, -0.05) is 25.8 Å². The van der Waals surface area contributed by atoms with Crippen LogP contribution in [-0.2, 0) is 6.11 Å². The van der Waals surface area contributed by atoms with Crippen molar-refractivity contribution in [3.63, 3.8) is 0 Å². The number of hydrogen-bond donors (Lipinski definition) is 0. The number of halogens is 6. The van der Waals surface area contributed by atoms with Crippen LogP contribution in [0.1, 0.15) is 75.3 Å². The molecule has 0 bridgehead atoms. The average molecular weight is 470 g/mol. The Bertz CT molecular complexity index is 975. The lowest BCUT2D eigenvalue weighted by Gasteiger charge is -2.37. The summed E-state index contributed by atoms with van der Waals surface area (Å²) in [6, 6.07) is 3.86. The molecule has 0 amide bonds. The summed E-state index contributed by atoms with van der Waals surface area (Å²) in [5.74, 6) is -4.44. The fourth-order valence-corrected chi connectivity index (χ4v) is 5.51. The van der Waals surface area contributed by atoms with Crippen molar-refractivity contribution in [3.05, 3.63) is 64.7 Å². The molecule has 2 aliphatic rings. The molecule has 0 spiro atoms. The van der Waals surface area contributed by atoms with E-state index in [0.717, 1.165) is 30.9 Å². The molecule has 2 aliphatic carbocycles. The highest BCUT2D eigenvalue weighted by molar-refractivity contribution is 5.32. The van der Waals surface area contributed by atoms with E-state index in [9.17, 15) is 26.3 Å². The Hall–Kier alpha value is -2.18. The molecule has 0 aliphatic heterocycles. The molecule has 1 nitrogen and oxygen atoms in total. The van der Waals surface area contributed by atoms with Crippen molar-refractivity contribution in [2.75, 3.05) is 0 Å². The van der Waals surface area contributed by atoms with Gasteiger partial charge in [-0.05, 0) is 86.0 Å². The summed E-state index contributed by atoms with van der Waals surface area (Å²) in [5, 5.41) is 0. The van der Waals surface area contributed by atoms with Gasteiger partial charge in [0.1, 0.15) is 11.3 Å². The van der Waals surface area contributed by atoms with Crippen LogP contribution >= 0.6 is 0 Å². The molecule has 0 heterocycles. The second-order valence-electron chi connectivity index (χ2n) is 9.66. The number of benzene rings is 2. The van der Waals surface area contributed by atoms with Crippen molar-refractivity contribution in [1.82, 2.24) is 0 Å². The van der Waals surface area contributed by atoms with Gasteiger partial charge in [-0.15, -0.1) is 0 Å². The van der Waals surface area contributed by atoms with E-state index in [-0.39, 0.29) is 11.5 Å². The molecule has 0 atom stereocenters. The van der Waals surface area contributed by atoms with E-state index in [4.69, 9.17) is 0 Å². The quantitative estimate of drug-likeness (QED) is 0.398. The van der Waals surface area contributed by atoms with Gasteiger partial charge in [-0.2, -0.15) is 8.78 Å². The van der Waals surface area contributed by atoms with Gasteiger partial charge in [0.05, 0.1) is 0 Å². The van der Waals surface area contributed by atoms with E-state index < -0.39 is 40.7 Å². The van der Waals surface area contributed by atoms with E-state index in [0.29, 0.717) is 36.8 Å². The predicted octanol–water partition coefficient (Wildman–Crippen LogP) is 8.47. The van der Waals surface area contributed by atoms with Crippen LogP contribution in [0.5, 0.6) is 5.75 Å². The van der Waals surface area contributed by atoms with Gasteiger partial charge in [-0.25, -0.2) is 17.6 Å². The molecule has 0 saturated heterocycles. The molecule has 0 N–H and O–H groups in total. The minimum Gasteiger partial charge on any atom is -0.429 e. The molecule has 2 aromatic carbocycles. The van der Waals surface area contributed by atoms with Crippen LogP contribution < -0.4 is 4.74 Å². The van der Waals surface area contributed by atoms with Crippen LogP contribution in [0.2, 0.25) is 0 Å². The Morgan fingerprint density at radius 2 is 1.33 bits per heavy atom. The van der Waals surface area contributed by atoms with Gasteiger partial charge < -0.3 is 4.74 Å². The van der Waals surface area contributed by atoms with Crippen LogP contribution in [0.3, 0.4) is 0 Å². The van der Waals surface area contributed by atoms with E-state index >= 15 is 0 Å². The van der Waals surface area contributed by atoms with Gasteiger partial charge in [0.25, 0.3) is 0 Å². The summed E-state index contributed by atoms with van der Waals surface area (Å²) in [7, 11) is 0. The van der Waals surface area contributed by atoms with Crippen molar-refractivity contribution in [3.8, 4) is 5.75 Å². The number of ether oxygens (including phenoxy) is 1. The van der Waals surface area contributed by atoms with Crippen molar-refractivity contribution < 1.29 is 31.1 Å². The third kappa shape index (κ3) is 5.17. The van der Waals surface area contributed by atoms with Crippen molar-refractivity contribution in [2.24, 2.45) is 17.8 Å². The smallest absolute Gasteiger partial charge is 0.429 e. The lowest BCUT2D eigenvalue weighted by molar-refractivity contribution is -0.187. The molecule has 2 fully saturated rings. The molecular weight excluding hydrogens is 442 g/mol. The molecular formula is C26H28F6O. The SMILES string of the molecule is CC1CCC(C2CCC(c3ccc(C(F)(F)Oc4ccc(F)c(F)c4)c(F)c3F)CC2)CC1.